The summed E-state index contributed by atoms with van der Waals surface area (Å²) < 4.78 is 31.2. The summed E-state index contributed by atoms with van der Waals surface area (Å²) >= 11 is 0. The van der Waals surface area contributed by atoms with Gasteiger partial charge in [-0.05, 0) is 62.8 Å². The maximum Gasteiger partial charge on any atom is 0.243 e. The first kappa shape index (κ1) is 21.3. The molecule has 1 aliphatic carbocycles. The number of nitrogens with one attached hydrogen (secondary N) is 1. The van der Waals surface area contributed by atoms with Gasteiger partial charge in [0, 0.05) is 6.54 Å². The third kappa shape index (κ3) is 5.99. The van der Waals surface area contributed by atoms with Crippen molar-refractivity contribution >= 4 is 21.6 Å². The third-order valence-electron chi connectivity index (χ3n) is 4.79. The molecule has 0 bridgehead atoms. The number of hydrogen-bond donors (Lipinski definition) is 1. The zero-order valence-corrected chi connectivity index (χ0v) is 17.2. The molecule has 0 radical (unpaired) electrons. The lowest BCUT2D eigenvalue weighted by Crippen LogP contribution is -2.49. The van der Waals surface area contributed by atoms with Crippen molar-refractivity contribution in [2.45, 2.75) is 51.5 Å². The van der Waals surface area contributed by atoms with Crippen LogP contribution in [0.15, 0.2) is 35.9 Å². The maximum atomic E-state index is 12.7. The van der Waals surface area contributed by atoms with Crippen LogP contribution in [0.3, 0.4) is 0 Å². The highest BCUT2D eigenvalue weighted by molar-refractivity contribution is 7.92. The summed E-state index contributed by atoms with van der Waals surface area (Å²) in [6, 6.07) is 5.90. The van der Waals surface area contributed by atoms with E-state index in [1.165, 1.54) is 22.7 Å². The molecular formula is C20H30N2O4S. The van der Waals surface area contributed by atoms with Crippen molar-refractivity contribution in [2.75, 3.05) is 24.2 Å². The minimum absolute atomic E-state index is 0.268. The summed E-state index contributed by atoms with van der Waals surface area (Å²) in [7, 11) is -2.07. The number of rotatable bonds is 9. The van der Waals surface area contributed by atoms with E-state index >= 15 is 0 Å². The number of hydrogen-bond acceptors (Lipinski definition) is 4. The van der Waals surface area contributed by atoms with Crippen molar-refractivity contribution in [2.24, 2.45) is 0 Å². The second-order valence-electron chi connectivity index (χ2n) is 6.83. The van der Waals surface area contributed by atoms with Crippen LogP contribution in [-0.2, 0) is 14.8 Å². The van der Waals surface area contributed by atoms with Crippen molar-refractivity contribution in [3.8, 4) is 5.75 Å². The molecule has 0 aromatic heterocycles. The van der Waals surface area contributed by atoms with Gasteiger partial charge < -0.3 is 10.1 Å². The van der Waals surface area contributed by atoms with E-state index in [0.717, 1.165) is 25.5 Å². The molecule has 27 heavy (non-hydrogen) atoms. The zero-order valence-electron chi connectivity index (χ0n) is 16.4. The average Bonchev–Trinajstić information content (AvgIpc) is 2.66. The number of anilines is 1. The molecule has 7 heteroatoms. The molecule has 0 fully saturated rings. The molecule has 0 saturated carbocycles. The number of ether oxygens (including phenoxy) is 1. The smallest absolute Gasteiger partial charge is 0.243 e. The van der Waals surface area contributed by atoms with Crippen LogP contribution in [-0.4, -0.2) is 40.3 Å². The lowest BCUT2D eigenvalue weighted by Gasteiger charge is -2.30. The van der Waals surface area contributed by atoms with Gasteiger partial charge in [0.2, 0.25) is 15.9 Å². The largest absolute Gasteiger partial charge is 0.497 e. The number of carbonyl (C=O) groups is 1. The maximum absolute atomic E-state index is 12.7. The molecule has 2 rings (SSSR count). The minimum atomic E-state index is -3.62. The van der Waals surface area contributed by atoms with Gasteiger partial charge in [0.25, 0.3) is 0 Å². The zero-order chi connectivity index (χ0) is 19.9. The average molecular weight is 395 g/mol. The highest BCUT2D eigenvalue weighted by Gasteiger charge is 2.31. The molecule has 1 aromatic rings. The number of allylic oxidation sites excluding steroid dienone is 1. The Morgan fingerprint density at radius 3 is 2.48 bits per heavy atom. The molecule has 150 valence electrons. The number of methoxy groups -OCH3 is 1. The Bertz CT molecular complexity index is 757. The van der Waals surface area contributed by atoms with Crippen molar-refractivity contribution < 1.29 is 17.9 Å². The normalized spacial score (nSPS) is 15.6. The standard InChI is InChI=1S/C20H30N2O4S/c1-4-19(20(23)21-15-14-16-8-6-5-7-9-16)22(27(3,24)25)17-10-12-18(26-2)13-11-17/h8,10-13,19H,4-7,9,14-15H2,1-3H3,(H,21,23)/t19-/m1/s1. The van der Waals surface area contributed by atoms with Crippen LogP contribution in [0.4, 0.5) is 5.69 Å². The fraction of sp³-hybridized carbons (Fsp3) is 0.550. The van der Waals surface area contributed by atoms with Crippen molar-refractivity contribution in [3.05, 3.63) is 35.9 Å². The highest BCUT2D eigenvalue weighted by Crippen LogP contribution is 2.25. The summed E-state index contributed by atoms with van der Waals surface area (Å²) in [5.41, 5.74) is 1.83. The van der Waals surface area contributed by atoms with Gasteiger partial charge in [-0.3, -0.25) is 9.10 Å². The van der Waals surface area contributed by atoms with E-state index < -0.39 is 16.1 Å². The molecule has 0 unspecified atom stereocenters. The Kier molecular flexibility index (Phi) is 7.71. The fourth-order valence-electron chi connectivity index (χ4n) is 3.39. The van der Waals surface area contributed by atoms with Crippen molar-refractivity contribution in [1.82, 2.24) is 5.32 Å². The second-order valence-corrected chi connectivity index (χ2v) is 8.69. The number of nitrogens with zero attached hydrogens (tertiary/aromatic N) is 1. The van der Waals surface area contributed by atoms with Gasteiger partial charge in [-0.15, -0.1) is 0 Å². The predicted molar refractivity (Wildman–Crippen MR) is 109 cm³/mol. The molecule has 1 aliphatic rings. The molecule has 1 amide bonds. The summed E-state index contributed by atoms with van der Waals surface area (Å²) in [6.45, 7) is 2.34. The lowest BCUT2D eigenvalue weighted by atomic mass is 9.97. The molecule has 6 nitrogen and oxygen atoms in total. The van der Waals surface area contributed by atoms with Gasteiger partial charge in [0.15, 0.2) is 0 Å². The van der Waals surface area contributed by atoms with E-state index in [9.17, 15) is 13.2 Å². The van der Waals surface area contributed by atoms with E-state index in [-0.39, 0.29) is 5.91 Å². The number of carbonyl (C=O) groups excluding carboxylic acids is 1. The SMILES string of the molecule is CC[C@H](C(=O)NCCC1=CCCCC1)N(c1ccc(OC)cc1)S(C)(=O)=O. The van der Waals surface area contributed by atoms with Crippen LogP contribution in [0, 0.1) is 0 Å². The van der Waals surface area contributed by atoms with Gasteiger partial charge in [-0.25, -0.2) is 8.42 Å². The van der Waals surface area contributed by atoms with Crippen molar-refractivity contribution in [1.29, 1.82) is 0 Å². The van der Waals surface area contributed by atoms with Gasteiger partial charge in [0.1, 0.15) is 11.8 Å². The highest BCUT2D eigenvalue weighted by atomic mass is 32.2. The van der Waals surface area contributed by atoms with Crippen molar-refractivity contribution in [3.63, 3.8) is 0 Å². The first-order valence-electron chi connectivity index (χ1n) is 9.46. The number of sulfonamides is 1. The topological polar surface area (TPSA) is 75.7 Å². The minimum Gasteiger partial charge on any atom is -0.497 e. The van der Waals surface area contributed by atoms with E-state index in [4.69, 9.17) is 4.74 Å². The number of benzene rings is 1. The monoisotopic (exact) mass is 394 g/mol. The quantitative estimate of drug-likeness (QED) is 0.653. The van der Waals surface area contributed by atoms with Crippen LogP contribution in [0.5, 0.6) is 5.75 Å². The van der Waals surface area contributed by atoms with Crippen LogP contribution >= 0.6 is 0 Å². The van der Waals surface area contributed by atoms with Crippen LogP contribution in [0.2, 0.25) is 0 Å². The first-order valence-corrected chi connectivity index (χ1v) is 11.3. The summed E-state index contributed by atoms with van der Waals surface area (Å²) in [6.07, 6.45) is 9.23. The Labute approximate surface area is 162 Å². The van der Waals surface area contributed by atoms with Gasteiger partial charge >= 0.3 is 0 Å². The molecule has 0 spiro atoms. The van der Waals surface area contributed by atoms with E-state index in [1.807, 2.05) is 6.92 Å². The lowest BCUT2D eigenvalue weighted by molar-refractivity contribution is -0.122. The second kappa shape index (κ2) is 9.78. The van der Waals surface area contributed by atoms with Crippen LogP contribution < -0.4 is 14.4 Å². The van der Waals surface area contributed by atoms with E-state index in [0.29, 0.717) is 24.4 Å². The van der Waals surface area contributed by atoms with E-state index in [2.05, 4.69) is 11.4 Å². The fourth-order valence-corrected chi connectivity index (χ4v) is 4.60. The molecule has 0 saturated heterocycles. The Morgan fingerprint density at radius 1 is 1.26 bits per heavy atom. The van der Waals surface area contributed by atoms with Crippen LogP contribution in [0.25, 0.3) is 0 Å². The Balaban J connectivity index is 2.11. The Morgan fingerprint density at radius 2 is 1.96 bits per heavy atom. The summed E-state index contributed by atoms with van der Waals surface area (Å²) in [5, 5.41) is 2.92. The molecule has 0 aliphatic heterocycles. The molecule has 0 heterocycles. The Hall–Kier alpha value is -2.02. The van der Waals surface area contributed by atoms with Crippen LogP contribution in [0.1, 0.15) is 45.4 Å². The summed E-state index contributed by atoms with van der Waals surface area (Å²) in [4.78, 5) is 12.7. The predicted octanol–water partition coefficient (Wildman–Crippen LogP) is 3.25. The number of amides is 1. The molecule has 1 atom stereocenters. The first-order chi connectivity index (χ1) is 12.9. The third-order valence-corrected chi connectivity index (χ3v) is 5.97. The molecule has 1 N–H and O–H groups in total. The van der Waals surface area contributed by atoms with Gasteiger partial charge in [-0.2, -0.15) is 0 Å². The van der Waals surface area contributed by atoms with Gasteiger partial charge in [-0.1, -0.05) is 18.6 Å². The molecular weight excluding hydrogens is 364 g/mol. The molecule has 1 aromatic carbocycles. The van der Waals surface area contributed by atoms with E-state index in [1.54, 1.807) is 31.4 Å². The summed E-state index contributed by atoms with van der Waals surface area (Å²) in [5.74, 6) is 0.362. The van der Waals surface area contributed by atoms with Gasteiger partial charge in [0.05, 0.1) is 19.1 Å².